The summed E-state index contributed by atoms with van der Waals surface area (Å²) in [5.41, 5.74) is 4.83. The van der Waals surface area contributed by atoms with Gasteiger partial charge in [-0.3, -0.25) is 29.1 Å². The summed E-state index contributed by atoms with van der Waals surface area (Å²) < 4.78 is 0.793. The van der Waals surface area contributed by atoms with Gasteiger partial charge in [0.15, 0.2) is 0 Å². The largest absolute Gasteiger partial charge is 0.365 e. The summed E-state index contributed by atoms with van der Waals surface area (Å²) in [6.07, 6.45) is 1.89. The van der Waals surface area contributed by atoms with Gasteiger partial charge in [0.25, 0.3) is 17.2 Å². The summed E-state index contributed by atoms with van der Waals surface area (Å²) in [5, 5.41) is 13.6. The van der Waals surface area contributed by atoms with Crippen LogP contribution in [-0.4, -0.2) is 21.3 Å². The number of pyridine rings is 1. The first-order chi connectivity index (χ1) is 12.7. The lowest BCUT2D eigenvalue weighted by molar-refractivity contribution is -0.385. The molecule has 9 heteroatoms. The number of hydrogen-bond donors (Lipinski definition) is 2. The topological polar surface area (TPSA) is 137 Å². The first-order valence-corrected chi connectivity index (χ1v) is 8.31. The Kier molecular flexibility index (Phi) is 6.07. The zero-order valence-corrected chi connectivity index (χ0v) is 15.0. The number of carbonyl (C=O) groups is 2. The molecule has 2 amide bonds. The van der Waals surface area contributed by atoms with Crippen molar-refractivity contribution >= 4 is 23.2 Å². The molecule has 0 aliphatic rings. The molecule has 0 bridgehead atoms. The minimum absolute atomic E-state index is 0.394. The van der Waals surface area contributed by atoms with Crippen LogP contribution < -0.4 is 16.6 Å². The second-order valence-corrected chi connectivity index (χ2v) is 6.15. The molecule has 1 heterocycles. The van der Waals surface area contributed by atoms with E-state index in [4.69, 9.17) is 5.73 Å². The van der Waals surface area contributed by atoms with Crippen LogP contribution in [-0.2, 0) is 11.3 Å². The van der Waals surface area contributed by atoms with Gasteiger partial charge in [0.05, 0.1) is 11.1 Å². The molecule has 2 aromatic rings. The highest BCUT2D eigenvalue weighted by atomic mass is 16.6. The van der Waals surface area contributed by atoms with Crippen molar-refractivity contribution in [2.45, 2.75) is 32.7 Å². The highest BCUT2D eigenvalue weighted by molar-refractivity contribution is 5.93. The van der Waals surface area contributed by atoms with Crippen molar-refractivity contribution in [1.29, 1.82) is 0 Å². The number of nitrogens with zero attached hydrogens (tertiary/aromatic N) is 2. The number of primary amides is 1. The molecule has 9 nitrogen and oxygen atoms in total. The fourth-order valence-electron chi connectivity index (χ4n) is 2.50. The van der Waals surface area contributed by atoms with E-state index < -0.39 is 40.1 Å². The zero-order valence-electron chi connectivity index (χ0n) is 15.0. The summed E-state index contributed by atoms with van der Waals surface area (Å²) in [4.78, 5) is 45.9. The molecule has 1 aromatic heterocycles. The van der Waals surface area contributed by atoms with Crippen molar-refractivity contribution in [3.8, 4) is 0 Å². The van der Waals surface area contributed by atoms with Gasteiger partial charge in [-0.25, -0.2) is 0 Å². The van der Waals surface area contributed by atoms with Crippen molar-refractivity contribution in [2.24, 2.45) is 5.73 Å². The molecule has 27 heavy (non-hydrogen) atoms. The molecule has 3 N–H and O–H groups in total. The maximum Gasteiger partial charge on any atom is 0.286 e. The molecule has 1 aromatic carbocycles. The molecular weight excluding hydrogens is 352 g/mol. The first kappa shape index (κ1) is 19.8. The fourth-order valence-corrected chi connectivity index (χ4v) is 2.50. The normalized spacial score (nSPS) is 11.6. The Balaban J connectivity index is 2.21. The second kappa shape index (κ2) is 8.26. The molecule has 1 atom stereocenters. The van der Waals surface area contributed by atoms with Gasteiger partial charge >= 0.3 is 0 Å². The van der Waals surface area contributed by atoms with Crippen molar-refractivity contribution in [2.75, 3.05) is 5.32 Å². The quantitative estimate of drug-likeness (QED) is 0.565. The van der Waals surface area contributed by atoms with Crippen LogP contribution in [0.25, 0.3) is 0 Å². The molecular formula is C18H20N4O5. The highest BCUT2D eigenvalue weighted by Crippen LogP contribution is 2.20. The van der Waals surface area contributed by atoms with Crippen molar-refractivity contribution in [3.63, 3.8) is 0 Å². The van der Waals surface area contributed by atoms with Gasteiger partial charge in [-0.1, -0.05) is 26.0 Å². The van der Waals surface area contributed by atoms with Gasteiger partial charge in [0.2, 0.25) is 5.91 Å². The lowest BCUT2D eigenvalue weighted by Gasteiger charge is -2.11. The maximum atomic E-state index is 12.2. The van der Waals surface area contributed by atoms with Crippen molar-refractivity contribution in [3.05, 3.63) is 68.1 Å². The molecule has 0 fully saturated rings. The van der Waals surface area contributed by atoms with E-state index in [1.165, 1.54) is 0 Å². The summed E-state index contributed by atoms with van der Waals surface area (Å²) in [6.45, 7) is 3.68. The molecule has 1 unspecified atom stereocenters. The van der Waals surface area contributed by atoms with Gasteiger partial charge in [-0.05, 0) is 30.0 Å². The number of hydrogen-bond acceptors (Lipinski definition) is 5. The first-order valence-electron chi connectivity index (χ1n) is 8.31. The third kappa shape index (κ3) is 4.78. The van der Waals surface area contributed by atoms with Crippen LogP contribution in [0.1, 0.15) is 42.1 Å². The van der Waals surface area contributed by atoms with Gasteiger partial charge < -0.3 is 11.1 Å². The Morgan fingerprint density at radius 1 is 1.30 bits per heavy atom. The summed E-state index contributed by atoms with van der Waals surface area (Å²) in [7, 11) is 0. The summed E-state index contributed by atoms with van der Waals surface area (Å²) in [6, 6.07) is 8.07. The van der Waals surface area contributed by atoms with Crippen LogP contribution in [0.5, 0.6) is 0 Å². The number of nitrogens with one attached hydrogen (secondary N) is 1. The van der Waals surface area contributed by atoms with Crippen molar-refractivity contribution in [1.82, 2.24) is 4.57 Å². The Hall–Kier alpha value is -3.49. The van der Waals surface area contributed by atoms with E-state index >= 15 is 0 Å². The Labute approximate surface area is 155 Å². The molecule has 0 radical (unpaired) electrons. The lowest BCUT2D eigenvalue weighted by Crippen LogP contribution is -2.33. The smallest absolute Gasteiger partial charge is 0.286 e. The number of aromatic nitrogens is 1. The minimum Gasteiger partial charge on any atom is -0.365 e. The average molecular weight is 372 g/mol. The number of benzene rings is 1. The van der Waals surface area contributed by atoms with Gasteiger partial charge in [-0.15, -0.1) is 0 Å². The Morgan fingerprint density at radius 3 is 2.44 bits per heavy atom. The standard InChI is InChI=1S/C18H20N4O5/c1-3-11(2)12-4-6-13(7-5-12)20-16(23)10-21-9-14(22(26)27)8-15(17(19)24)18(21)25/h4-9,11H,3,10H2,1-2H3,(H2,19,24)(H,20,23). The highest BCUT2D eigenvalue weighted by Gasteiger charge is 2.18. The van der Waals surface area contributed by atoms with E-state index in [-0.39, 0.29) is 0 Å². The van der Waals surface area contributed by atoms with Gasteiger partial charge in [-0.2, -0.15) is 0 Å². The number of nitro groups is 1. The van der Waals surface area contributed by atoms with E-state index in [0.29, 0.717) is 11.6 Å². The SMILES string of the molecule is CCC(C)c1ccc(NC(=O)Cn2cc([N+](=O)[O-])cc(C(N)=O)c2=O)cc1. The molecule has 0 spiro atoms. The van der Waals surface area contributed by atoms with Crippen LogP contribution in [0.15, 0.2) is 41.3 Å². The molecule has 0 aliphatic carbocycles. The number of carbonyl (C=O) groups excluding carboxylic acids is 2. The van der Waals surface area contributed by atoms with E-state index in [0.717, 1.165) is 28.8 Å². The molecule has 0 saturated carbocycles. The van der Waals surface area contributed by atoms with Crippen LogP contribution in [0, 0.1) is 10.1 Å². The van der Waals surface area contributed by atoms with Crippen molar-refractivity contribution < 1.29 is 14.5 Å². The minimum atomic E-state index is -1.10. The molecule has 2 rings (SSSR count). The third-order valence-corrected chi connectivity index (χ3v) is 4.24. The van der Waals surface area contributed by atoms with E-state index in [2.05, 4.69) is 19.2 Å². The maximum absolute atomic E-state index is 12.2. The van der Waals surface area contributed by atoms with Crippen LogP contribution >= 0.6 is 0 Å². The fraction of sp³-hybridized carbons (Fsp3) is 0.278. The predicted molar refractivity (Wildman–Crippen MR) is 99.7 cm³/mol. The summed E-state index contributed by atoms with van der Waals surface area (Å²) in [5.74, 6) is -1.27. The monoisotopic (exact) mass is 372 g/mol. The average Bonchev–Trinajstić information content (AvgIpc) is 2.62. The second-order valence-electron chi connectivity index (χ2n) is 6.15. The van der Waals surface area contributed by atoms with Gasteiger partial charge in [0.1, 0.15) is 12.1 Å². The Morgan fingerprint density at radius 2 is 1.93 bits per heavy atom. The third-order valence-electron chi connectivity index (χ3n) is 4.24. The number of anilines is 1. The van der Waals surface area contributed by atoms with E-state index in [1.807, 2.05) is 12.1 Å². The van der Waals surface area contributed by atoms with Gasteiger partial charge in [0, 0.05) is 11.8 Å². The number of amides is 2. The number of rotatable bonds is 7. The van der Waals surface area contributed by atoms with Crippen LogP contribution in [0.4, 0.5) is 11.4 Å². The van der Waals surface area contributed by atoms with E-state index in [1.54, 1.807) is 12.1 Å². The van der Waals surface area contributed by atoms with E-state index in [9.17, 15) is 24.5 Å². The molecule has 0 aliphatic heterocycles. The molecule has 142 valence electrons. The predicted octanol–water partition coefficient (Wildman–Crippen LogP) is 2.01. The zero-order chi connectivity index (χ0) is 20.1. The Bertz CT molecular complexity index is 934. The van der Waals surface area contributed by atoms with Crippen LogP contribution in [0.3, 0.4) is 0 Å². The number of nitrogens with two attached hydrogens (primary N) is 1. The summed E-state index contributed by atoms with van der Waals surface area (Å²) >= 11 is 0. The van der Waals surface area contributed by atoms with Crippen LogP contribution in [0.2, 0.25) is 0 Å². The molecule has 0 saturated heterocycles. The lowest BCUT2D eigenvalue weighted by atomic mass is 9.99.